The van der Waals surface area contributed by atoms with Crippen LogP contribution in [0.4, 0.5) is 4.39 Å². The summed E-state index contributed by atoms with van der Waals surface area (Å²) in [5.41, 5.74) is 0.309. The molecule has 5 nitrogen and oxygen atoms in total. The molecule has 0 unspecified atom stereocenters. The highest BCUT2D eigenvalue weighted by atomic mass is 19.1. The number of benzene rings is 1. The van der Waals surface area contributed by atoms with Gasteiger partial charge in [0.15, 0.2) is 0 Å². The fourth-order valence-corrected chi connectivity index (χ4v) is 2.12. The van der Waals surface area contributed by atoms with E-state index in [1.165, 1.54) is 30.3 Å². The van der Waals surface area contributed by atoms with Crippen LogP contribution in [-0.2, 0) is 16.1 Å². The van der Waals surface area contributed by atoms with Gasteiger partial charge in [-0.3, -0.25) is 14.2 Å². The van der Waals surface area contributed by atoms with Crippen LogP contribution in [0.5, 0.6) is 0 Å². The largest absolute Gasteiger partial charge is 0.462 e. The lowest BCUT2D eigenvalue weighted by Crippen LogP contribution is -2.29. The summed E-state index contributed by atoms with van der Waals surface area (Å²) in [5, 5.41) is 8.99. The van der Waals surface area contributed by atoms with Crippen LogP contribution in [0.25, 0.3) is 11.3 Å². The standard InChI is InChI=1S/C17H15FN2O3/c1-11(2)23-16(21)10-20-15(8-5-13(9-19)17(20)22)12-3-6-14(18)7-4-12/h3-8,11H,10H2,1-2H3. The van der Waals surface area contributed by atoms with Gasteiger partial charge in [0.1, 0.15) is 24.0 Å². The monoisotopic (exact) mass is 314 g/mol. The van der Waals surface area contributed by atoms with Crippen LogP contribution in [-0.4, -0.2) is 16.6 Å². The molecule has 118 valence electrons. The van der Waals surface area contributed by atoms with Crippen LogP contribution >= 0.6 is 0 Å². The van der Waals surface area contributed by atoms with Crippen LogP contribution in [0.2, 0.25) is 0 Å². The second kappa shape index (κ2) is 6.88. The number of nitrogens with zero attached hydrogens (tertiary/aromatic N) is 2. The third-order valence-electron chi connectivity index (χ3n) is 3.09. The van der Waals surface area contributed by atoms with Crippen LogP contribution in [0.1, 0.15) is 19.4 Å². The lowest BCUT2D eigenvalue weighted by molar-refractivity contribution is -0.148. The van der Waals surface area contributed by atoms with E-state index in [0.29, 0.717) is 11.3 Å². The molecule has 0 N–H and O–H groups in total. The molecule has 0 aliphatic carbocycles. The summed E-state index contributed by atoms with van der Waals surface area (Å²) in [6.45, 7) is 3.08. The molecule has 0 fully saturated rings. The number of rotatable bonds is 4. The zero-order valence-electron chi connectivity index (χ0n) is 12.7. The SMILES string of the molecule is CC(C)OC(=O)Cn1c(-c2ccc(F)cc2)ccc(C#N)c1=O. The third-order valence-corrected chi connectivity index (χ3v) is 3.09. The van der Waals surface area contributed by atoms with Gasteiger partial charge in [-0.1, -0.05) is 0 Å². The van der Waals surface area contributed by atoms with Crippen molar-refractivity contribution in [2.75, 3.05) is 0 Å². The summed E-state index contributed by atoms with van der Waals surface area (Å²) in [4.78, 5) is 24.2. The predicted molar refractivity (Wildman–Crippen MR) is 82.0 cm³/mol. The van der Waals surface area contributed by atoms with Crippen molar-refractivity contribution in [2.45, 2.75) is 26.5 Å². The van der Waals surface area contributed by atoms with E-state index in [1.807, 2.05) is 0 Å². The minimum Gasteiger partial charge on any atom is -0.462 e. The zero-order chi connectivity index (χ0) is 17.0. The number of pyridine rings is 1. The maximum absolute atomic E-state index is 13.1. The van der Waals surface area contributed by atoms with E-state index in [9.17, 15) is 14.0 Å². The summed E-state index contributed by atoms with van der Waals surface area (Å²) in [5.74, 6) is -0.990. The fourth-order valence-electron chi connectivity index (χ4n) is 2.12. The Morgan fingerprint density at radius 1 is 1.26 bits per heavy atom. The fraction of sp³-hybridized carbons (Fsp3) is 0.235. The number of halogens is 1. The lowest BCUT2D eigenvalue weighted by Gasteiger charge is -2.14. The molecule has 0 atom stereocenters. The number of esters is 1. The van der Waals surface area contributed by atoms with Crippen molar-refractivity contribution in [3.63, 3.8) is 0 Å². The van der Waals surface area contributed by atoms with Gasteiger partial charge in [0, 0.05) is 0 Å². The number of hydrogen-bond donors (Lipinski definition) is 0. The average Bonchev–Trinajstić information content (AvgIpc) is 2.49. The Hall–Kier alpha value is -2.94. The van der Waals surface area contributed by atoms with E-state index < -0.39 is 17.3 Å². The van der Waals surface area contributed by atoms with Gasteiger partial charge in [-0.05, 0) is 55.8 Å². The molecule has 0 radical (unpaired) electrons. The Balaban J connectivity index is 2.52. The van der Waals surface area contributed by atoms with Crippen LogP contribution in [0.15, 0.2) is 41.2 Å². The summed E-state index contributed by atoms with van der Waals surface area (Å²) < 4.78 is 19.3. The maximum atomic E-state index is 13.1. The molecule has 1 aromatic carbocycles. The van der Waals surface area contributed by atoms with Crippen molar-refractivity contribution in [1.82, 2.24) is 4.57 Å². The quantitative estimate of drug-likeness (QED) is 0.813. The van der Waals surface area contributed by atoms with Gasteiger partial charge in [0.05, 0.1) is 11.8 Å². The van der Waals surface area contributed by atoms with E-state index in [1.54, 1.807) is 26.0 Å². The average molecular weight is 314 g/mol. The minimum atomic E-state index is -0.588. The molecule has 0 saturated carbocycles. The molecule has 0 spiro atoms. The molecule has 1 heterocycles. The van der Waals surface area contributed by atoms with Crippen LogP contribution in [0, 0.1) is 17.1 Å². The molecule has 0 aliphatic rings. The maximum Gasteiger partial charge on any atom is 0.326 e. The van der Waals surface area contributed by atoms with Crippen molar-refractivity contribution >= 4 is 5.97 Å². The first-order valence-electron chi connectivity index (χ1n) is 7.01. The topological polar surface area (TPSA) is 72.1 Å². The van der Waals surface area contributed by atoms with Gasteiger partial charge in [-0.25, -0.2) is 4.39 Å². The normalized spacial score (nSPS) is 10.4. The van der Waals surface area contributed by atoms with Gasteiger partial charge in [-0.15, -0.1) is 0 Å². The highest BCUT2D eigenvalue weighted by Crippen LogP contribution is 2.19. The smallest absolute Gasteiger partial charge is 0.326 e. The van der Waals surface area contributed by atoms with Crippen molar-refractivity contribution in [2.24, 2.45) is 0 Å². The second-order valence-electron chi connectivity index (χ2n) is 5.18. The van der Waals surface area contributed by atoms with Gasteiger partial charge < -0.3 is 4.74 Å². The van der Waals surface area contributed by atoms with E-state index >= 15 is 0 Å². The lowest BCUT2D eigenvalue weighted by atomic mass is 10.1. The minimum absolute atomic E-state index is 0.0757. The summed E-state index contributed by atoms with van der Waals surface area (Å²) >= 11 is 0. The number of carbonyl (C=O) groups excluding carboxylic acids is 1. The van der Waals surface area contributed by atoms with E-state index in [2.05, 4.69) is 0 Å². The summed E-state index contributed by atoms with van der Waals surface area (Å²) in [6.07, 6.45) is -0.313. The molecule has 6 heteroatoms. The van der Waals surface area contributed by atoms with Gasteiger partial charge in [-0.2, -0.15) is 5.26 Å². The van der Waals surface area contributed by atoms with Gasteiger partial charge in [0.25, 0.3) is 5.56 Å². The predicted octanol–water partition coefficient (Wildman–Crippen LogP) is 2.48. The van der Waals surface area contributed by atoms with Gasteiger partial charge >= 0.3 is 5.97 Å². The molecule has 2 aromatic rings. The van der Waals surface area contributed by atoms with Crippen molar-refractivity contribution in [3.8, 4) is 17.3 Å². The highest BCUT2D eigenvalue weighted by Gasteiger charge is 2.15. The molecule has 2 rings (SSSR count). The number of hydrogen-bond acceptors (Lipinski definition) is 4. The Bertz CT molecular complexity index is 817. The molecular weight excluding hydrogens is 299 g/mol. The van der Waals surface area contributed by atoms with Crippen LogP contribution in [0.3, 0.4) is 0 Å². The Morgan fingerprint density at radius 2 is 1.91 bits per heavy atom. The van der Waals surface area contributed by atoms with E-state index in [0.717, 1.165) is 4.57 Å². The van der Waals surface area contributed by atoms with Gasteiger partial charge in [0.2, 0.25) is 0 Å². The van der Waals surface area contributed by atoms with Crippen LogP contribution < -0.4 is 5.56 Å². The molecule has 0 bridgehead atoms. The first kappa shape index (κ1) is 16.4. The van der Waals surface area contributed by atoms with E-state index in [4.69, 9.17) is 10.00 Å². The molecule has 0 aliphatic heterocycles. The molecular formula is C17H15FN2O3. The first-order chi connectivity index (χ1) is 10.9. The molecule has 0 saturated heterocycles. The second-order valence-corrected chi connectivity index (χ2v) is 5.18. The number of carbonyl (C=O) groups is 1. The zero-order valence-corrected chi connectivity index (χ0v) is 12.7. The number of ether oxygens (including phenoxy) is 1. The van der Waals surface area contributed by atoms with Crippen molar-refractivity contribution in [1.29, 1.82) is 5.26 Å². The Labute approximate surface area is 132 Å². The summed E-state index contributed by atoms with van der Waals surface area (Å²) in [6, 6.07) is 10.2. The summed E-state index contributed by atoms with van der Waals surface area (Å²) in [7, 11) is 0. The van der Waals surface area contributed by atoms with Crippen molar-refractivity contribution in [3.05, 3.63) is 58.1 Å². The van der Waals surface area contributed by atoms with E-state index in [-0.39, 0.29) is 18.2 Å². The first-order valence-corrected chi connectivity index (χ1v) is 7.01. The Kier molecular flexibility index (Phi) is 4.91. The Morgan fingerprint density at radius 3 is 2.48 bits per heavy atom. The van der Waals surface area contributed by atoms with Crippen molar-refractivity contribution < 1.29 is 13.9 Å². The molecule has 1 aromatic heterocycles. The molecule has 23 heavy (non-hydrogen) atoms. The molecule has 0 amide bonds. The number of nitriles is 1. The highest BCUT2D eigenvalue weighted by molar-refractivity contribution is 5.71. The number of aromatic nitrogens is 1. The third kappa shape index (κ3) is 3.83.